The van der Waals surface area contributed by atoms with E-state index in [-0.39, 0.29) is 5.91 Å². The summed E-state index contributed by atoms with van der Waals surface area (Å²) < 4.78 is 0. The van der Waals surface area contributed by atoms with Crippen molar-refractivity contribution in [3.8, 4) is 0 Å². The standard InChI is InChI=1S/C15H22N2O/c1-3-15(18)16-10-11-17-12(2)8-9-13-6-4-5-7-14(13)17/h4-7,12H,3,8-11H2,1-2H3,(H,16,18)/t12-/m0/s1. The Labute approximate surface area is 109 Å². The van der Waals surface area contributed by atoms with E-state index in [1.165, 1.54) is 17.7 Å². The van der Waals surface area contributed by atoms with Gasteiger partial charge in [0.25, 0.3) is 0 Å². The zero-order valence-electron chi connectivity index (χ0n) is 11.3. The van der Waals surface area contributed by atoms with Gasteiger partial charge in [-0.05, 0) is 31.4 Å². The molecule has 0 fully saturated rings. The zero-order chi connectivity index (χ0) is 13.0. The molecule has 0 saturated carbocycles. The predicted molar refractivity (Wildman–Crippen MR) is 74.9 cm³/mol. The highest BCUT2D eigenvalue weighted by molar-refractivity contribution is 5.75. The molecule has 0 saturated heterocycles. The van der Waals surface area contributed by atoms with Crippen molar-refractivity contribution in [2.24, 2.45) is 0 Å². The van der Waals surface area contributed by atoms with Gasteiger partial charge in [-0.2, -0.15) is 0 Å². The number of rotatable bonds is 4. The molecule has 0 radical (unpaired) electrons. The Bertz CT molecular complexity index is 417. The second kappa shape index (κ2) is 5.89. The zero-order valence-corrected chi connectivity index (χ0v) is 11.3. The molecule has 1 aromatic carbocycles. The summed E-state index contributed by atoms with van der Waals surface area (Å²) in [6.07, 6.45) is 2.92. The molecule has 1 amide bonds. The topological polar surface area (TPSA) is 32.3 Å². The third-order valence-corrected chi connectivity index (χ3v) is 3.66. The molecule has 1 atom stereocenters. The van der Waals surface area contributed by atoms with Crippen LogP contribution in [0.15, 0.2) is 24.3 Å². The number of nitrogens with one attached hydrogen (secondary N) is 1. The summed E-state index contributed by atoms with van der Waals surface area (Å²) >= 11 is 0. The third kappa shape index (κ3) is 2.84. The Morgan fingerprint density at radius 2 is 2.22 bits per heavy atom. The molecule has 3 heteroatoms. The van der Waals surface area contributed by atoms with E-state index in [0.29, 0.717) is 12.5 Å². The summed E-state index contributed by atoms with van der Waals surface area (Å²) in [5.74, 6) is 0.132. The van der Waals surface area contributed by atoms with Crippen molar-refractivity contribution in [3.05, 3.63) is 29.8 Å². The summed E-state index contributed by atoms with van der Waals surface area (Å²) in [5, 5.41) is 2.95. The van der Waals surface area contributed by atoms with E-state index in [1.54, 1.807) is 0 Å². The maximum atomic E-state index is 11.3. The van der Waals surface area contributed by atoms with Gasteiger partial charge in [0.05, 0.1) is 0 Å². The first-order valence-electron chi connectivity index (χ1n) is 6.83. The average molecular weight is 246 g/mol. The second-order valence-electron chi connectivity index (χ2n) is 4.91. The number of para-hydroxylation sites is 1. The van der Waals surface area contributed by atoms with Gasteiger partial charge in [0, 0.05) is 31.2 Å². The molecule has 98 valence electrons. The quantitative estimate of drug-likeness (QED) is 0.884. The molecule has 0 spiro atoms. The van der Waals surface area contributed by atoms with Crippen LogP contribution in [0.4, 0.5) is 5.69 Å². The number of nitrogens with zero attached hydrogens (tertiary/aromatic N) is 1. The summed E-state index contributed by atoms with van der Waals surface area (Å²) in [6, 6.07) is 9.14. The number of benzene rings is 1. The Kier molecular flexibility index (Phi) is 4.24. The van der Waals surface area contributed by atoms with E-state index < -0.39 is 0 Å². The fourth-order valence-electron chi connectivity index (χ4n) is 2.54. The molecule has 1 aliphatic rings. The fraction of sp³-hybridized carbons (Fsp3) is 0.533. The van der Waals surface area contributed by atoms with Crippen LogP contribution in [-0.2, 0) is 11.2 Å². The molecule has 1 N–H and O–H groups in total. The number of fused-ring (bicyclic) bond motifs is 1. The van der Waals surface area contributed by atoms with Gasteiger partial charge in [0.2, 0.25) is 5.91 Å². The molecule has 0 aromatic heterocycles. The van der Waals surface area contributed by atoms with Crippen LogP contribution in [0.25, 0.3) is 0 Å². The van der Waals surface area contributed by atoms with E-state index in [1.807, 2.05) is 6.92 Å². The van der Waals surface area contributed by atoms with Gasteiger partial charge in [-0.1, -0.05) is 25.1 Å². The number of aryl methyl sites for hydroxylation is 1. The van der Waals surface area contributed by atoms with Crippen LogP contribution >= 0.6 is 0 Å². The number of carbonyl (C=O) groups excluding carboxylic acids is 1. The van der Waals surface area contributed by atoms with Crippen LogP contribution in [0, 0.1) is 0 Å². The van der Waals surface area contributed by atoms with Crippen LogP contribution in [-0.4, -0.2) is 25.0 Å². The van der Waals surface area contributed by atoms with Crippen LogP contribution in [0.5, 0.6) is 0 Å². The van der Waals surface area contributed by atoms with Gasteiger partial charge in [-0.3, -0.25) is 4.79 Å². The number of anilines is 1. The smallest absolute Gasteiger partial charge is 0.219 e. The molecule has 1 heterocycles. The van der Waals surface area contributed by atoms with Crippen molar-refractivity contribution in [1.82, 2.24) is 5.32 Å². The normalized spacial score (nSPS) is 18.3. The molecule has 1 aliphatic heterocycles. The highest BCUT2D eigenvalue weighted by Crippen LogP contribution is 2.29. The number of carbonyl (C=O) groups is 1. The Hall–Kier alpha value is -1.51. The highest BCUT2D eigenvalue weighted by Gasteiger charge is 2.21. The molecule has 0 bridgehead atoms. The number of hydrogen-bond donors (Lipinski definition) is 1. The maximum absolute atomic E-state index is 11.3. The lowest BCUT2D eigenvalue weighted by molar-refractivity contribution is -0.120. The first kappa shape index (κ1) is 12.9. The van der Waals surface area contributed by atoms with Crippen molar-refractivity contribution in [2.45, 2.75) is 39.2 Å². The monoisotopic (exact) mass is 246 g/mol. The Balaban J connectivity index is 2.01. The lowest BCUT2D eigenvalue weighted by atomic mass is 9.97. The first-order valence-corrected chi connectivity index (χ1v) is 6.83. The van der Waals surface area contributed by atoms with Gasteiger partial charge in [0.15, 0.2) is 0 Å². The van der Waals surface area contributed by atoms with Crippen molar-refractivity contribution >= 4 is 11.6 Å². The fourth-order valence-corrected chi connectivity index (χ4v) is 2.54. The average Bonchev–Trinajstić information content (AvgIpc) is 2.41. The summed E-state index contributed by atoms with van der Waals surface area (Å²) in [4.78, 5) is 13.7. The van der Waals surface area contributed by atoms with Crippen LogP contribution in [0.3, 0.4) is 0 Å². The molecular weight excluding hydrogens is 224 g/mol. The first-order chi connectivity index (χ1) is 8.72. The lowest BCUT2D eigenvalue weighted by Crippen LogP contribution is -2.42. The van der Waals surface area contributed by atoms with Gasteiger partial charge in [0.1, 0.15) is 0 Å². The lowest BCUT2D eigenvalue weighted by Gasteiger charge is -2.37. The van der Waals surface area contributed by atoms with Crippen LogP contribution < -0.4 is 10.2 Å². The predicted octanol–water partition coefficient (Wildman–Crippen LogP) is 2.35. The van der Waals surface area contributed by atoms with E-state index >= 15 is 0 Å². The van der Waals surface area contributed by atoms with E-state index in [9.17, 15) is 4.79 Å². The van der Waals surface area contributed by atoms with Crippen LogP contribution in [0.2, 0.25) is 0 Å². The molecule has 2 rings (SSSR count). The van der Waals surface area contributed by atoms with Gasteiger partial charge >= 0.3 is 0 Å². The highest BCUT2D eigenvalue weighted by atomic mass is 16.1. The molecule has 0 unspecified atom stereocenters. The van der Waals surface area contributed by atoms with E-state index in [2.05, 4.69) is 41.4 Å². The largest absolute Gasteiger partial charge is 0.367 e. The number of amides is 1. The minimum absolute atomic E-state index is 0.132. The molecule has 3 nitrogen and oxygen atoms in total. The van der Waals surface area contributed by atoms with Gasteiger partial charge in [-0.15, -0.1) is 0 Å². The van der Waals surface area contributed by atoms with Gasteiger partial charge in [-0.25, -0.2) is 0 Å². The summed E-state index contributed by atoms with van der Waals surface area (Å²) in [5.41, 5.74) is 2.76. The molecule has 0 aliphatic carbocycles. The van der Waals surface area contributed by atoms with E-state index in [0.717, 1.165) is 19.5 Å². The summed E-state index contributed by atoms with van der Waals surface area (Å²) in [7, 11) is 0. The van der Waals surface area contributed by atoms with Crippen molar-refractivity contribution < 1.29 is 4.79 Å². The van der Waals surface area contributed by atoms with E-state index in [4.69, 9.17) is 0 Å². The second-order valence-corrected chi connectivity index (χ2v) is 4.91. The van der Waals surface area contributed by atoms with Gasteiger partial charge < -0.3 is 10.2 Å². The van der Waals surface area contributed by atoms with Crippen molar-refractivity contribution in [1.29, 1.82) is 0 Å². The Morgan fingerprint density at radius 1 is 1.44 bits per heavy atom. The minimum Gasteiger partial charge on any atom is -0.367 e. The molecule has 1 aromatic rings. The molecule has 18 heavy (non-hydrogen) atoms. The third-order valence-electron chi connectivity index (χ3n) is 3.66. The maximum Gasteiger partial charge on any atom is 0.219 e. The number of hydrogen-bond acceptors (Lipinski definition) is 2. The molecular formula is C15H22N2O. The minimum atomic E-state index is 0.132. The van der Waals surface area contributed by atoms with Crippen molar-refractivity contribution in [2.75, 3.05) is 18.0 Å². The SMILES string of the molecule is CCC(=O)NCCN1c2ccccc2CC[C@@H]1C. The van der Waals surface area contributed by atoms with Crippen LogP contribution in [0.1, 0.15) is 32.3 Å². The Morgan fingerprint density at radius 3 is 3.00 bits per heavy atom. The van der Waals surface area contributed by atoms with Crippen molar-refractivity contribution in [3.63, 3.8) is 0 Å². The summed E-state index contributed by atoms with van der Waals surface area (Å²) in [6.45, 7) is 5.76.